The van der Waals surface area contributed by atoms with Gasteiger partial charge in [0.25, 0.3) is 0 Å². The molecule has 0 radical (unpaired) electrons. The van der Waals surface area contributed by atoms with Crippen molar-refractivity contribution in [3.63, 3.8) is 0 Å². The van der Waals surface area contributed by atoms with Crippen molar-refractivity contribution in [1.29, 1.82) is 0 Å². The SMILES string of the molecule is CN1C=CCC(C(=O)Oc2ccc3c(c2)CCC2C3CCC3(C)C(OC(=O)C4=CN(C)C=CC4)CCC23)=C1. The molecule has 6 heteroatoms. The normalized spacial score (nSPS) is 31.6. The van der Waals surface area contributed by atoms with E-state index in [1.165, 1.54) is 11.1 Å². The molecule has 2 aliphatic heterocycles. The Labute approximate surface area is 225 Å². The highest BCUT2D eigenvalue weighted by molar-refractivity contribution is 5.90. The van der Waals surface area contributed by atoms with E-state index in [4.69, 9.17) is 9.47 Å². The van der Waals surface area contributed by atoms with Crippen molar-refractivity contribution in [2.75, 3.05) is 14.1 Å². The predicted octanol–water partition coefficient (Wildman–Crippen LogP) is 5.83. The van der Waals surface area contributed by atoms with E-state index in [2.05, 4.69) is 19.1 Å². The average Bonchev–Trinajstić information content (AvgIpc) is 3.24. The van der Waals surface area contributed by atoms with Crippen LogP contribution < -0.4 is 4.74 Å². The van der Waals surface area contributed by atoms with Gasteiger partial charge in [0.1, 0.15) is 11.9 Å². The molecule has 0 spiro atoms. The number of carbonyl (C=O) groups excluding carboxylic acids is 2. The molecule has 3 aliphatic carbocycles. The zero-order chi connectivity index (χ0) is 26.4. The maximum absolute atomic E-state index is 13.0. The topological polar surface area (TPSA) is 59.1 Å². The molecule has 0 saturated heterocycles. The summed E-state index contributed by atoms with van der Waals surface area (Å²) in [5.41, 5.74) is 4.18. The van der Waals surface area contributed by atoms with Gasteiger partial charge in [0.15, 0.2) is 0 Å². The van der Waals surface area contributed by atoms with Crippen LogP contribution in [-0.4, -0.2) is 41.9 Å². The standard InChI is InChI=1S/C32H38N2O4/c1-32-15-14-26-25-11-9-24(37-30(35)22-6-4-16-33(2)19-22)18-21(25)8-10-27(26)28(32)12-13-29(32)38-31(36)23-7-5-17-34(3)20-23/h4-5,9,11,16-20,26-29H,6-8,10,12-15H2,1-3H3. The molecule has 0 bridgehead atoms. The molecule has 5 atom stereocenters. The summed E-state index contributed by atoms with van der Waals surface area (Å²) in [6.45, 7) is 2.37. The van der Waals surface area contributed by atoms with Gasteiger partial charge in [-0.1, -0.05) is 25.1 Å². The lowest BCUT2D eigenvalue weighted by Crippen LogP contribution is -2.45. The van der Waals surface area contributed by atoms with Crippen molar-refractivity contribution >= 4 is 11.9 Å². The largest absolute Gasteiger partial charge is 0.458 e. The highest BCUT2D eigenvalue weighted by Crippen LogP contribution is 2.61. The van der Waals surface area contributed by atoms with Crippen LogP contribution in [-0.2, 0) is 20.7 Å². The minimum Gasteiger partial charge on any atom is -0.458 e. The van der Waals surface area contributed by atoms with Crippen molar-refractivity contribution in [2.24, 2.45) is 17.3 Å². The number of nitrogens with zero attached hydrogens (tertiary/aromatic N) is 2. The first kappa shape index (κ1) is 25.0. The number of hydrogen-bond donors (Lipinski definition) is 0. The van der Waals surface area contributed by atoms with Crippen molar-refractivity contribution in [3.05, 3.63) is 77.4 Å². The highest BCUT2D eigenvalue weighted by Gasteiger charge is 2.56. The number of carbonyl (C=O) groups is 2. The van der Waals surface area contributed by atoms with Gasteiger partial charge in [-0.25, -0.2) is 9.59 Å². The average molecular weight is 515 g/mol. The molecule has 2 heterocycles. The van der Waals surface area contributed by atoms with E-state index in [-0.39, 0.29) is 23.5 Å². The Hall–Kier alpha value is -3.28. The molecule has 2 fully saturated rings. The Balaban J connectivity index is 1.14. The van der Waals surface area contributed by atoms with E-state index in [1.807, 2.05) is 66.9 Å². The molecule has 1 aromatic rings. The predicted molar refractivity (Wildman–Crippen MR) is 146 cm³/mol. The number of allylic oxidation sites excluding steroid dienone is 2. The van der Waals surface area contributed by atoms with Gasteiger partial charge in [0, 0.05) is 44.8 Å². The third kappa shape index (κ3) is 4.48. The van der Waals surface area contributed by atoms with Gasteiger partial charge < -0.3 is 19.3 Å². The van der Waals surface area contributed by atoms with E-state index < -0.39 is 0 Å². The first-order chi connectivity index (χ1) is 18.3. The Morgan fingerprint density at radius 2 is 1.63 bits per heavy atom. The fourth-order valence-corrected chi connectivity index (χ4v) is 7.79. The second-order valence-corrected chi connectivity index (χ2v) is 12.0. The van der Waals surface area contributed by atoms with Crippen LogP contribution in [0.15, 0.2) is 66.3 Å². The van der Waals surface area contributed by atoms with Gasteiger partial charge in [-0.15, -0.1) is 0 Å². The Morgan fingerprint density at radius 3 is 2.34 bits per heavy atom. The zero-order valence-corrected chi connectivity index (χ0v) is 22.7. The van der Waals surface area contributed by atoms with Crippen LogP contribution in [0.1, 0.15) is 68.9 Å². The highest BCUT2D eigenvalue weighted by atomic mass is 16.5. The molecule has 0 aromatic heterocycles. The van der Waals surface area contributed by atoms with Crippen molar-refractivity contribution in [2.45, 2.75) is 70.3 Å². The quantitative estimate of drug-likeness (QED) is 0.372. The third-order valence-electron chi connectivity index (χ3n) is 9.67. The molecule has 1 aromatic carbocycles. The Bertz CT molecular complexity index is 1260. The molecule has 5 aliphatic rings. The van der Waals surface area contributed by atoms with Gasteiger partial charge in [-0.2, -0.15) is 0 Å². The summed E-state index contributed by atoms with van der Waals surface area (Å²) in [5.74, 6) is 1.90. The van der Waals surface area contributed by atoms with Gasteiger partial charge in [0.2, 0.25) is 0 Å². The molecular formula is C32H38N2O4. The number of rotatable bonds is 4. The maximum Gasteiger partial charge on any atom is 0.341 e. The minimum atomic E-state index is -0.276. The van der Waals surface area contributed by atoms with Crippen LogP contribution in [0, 0.1) is 17.3 Å². The van der Waals surface area contributed by atoms with Crippen molar-refractivity contribution < 1.29 is 19.1 Å². The minimum absolute atomic E-state index is 0.00997. The molecule has 6 nitrogen and oxygen atoms in total. The third-order valence-corrected chi connectivity index (χ3v) is 9.67. The summed E-state index contributed by atoms with van der Waals surface area (Å²) in [7, 11) is 3.85. The second-order valence-electron chi connectivity index (χ2n) is 12.0. The smallest absolute Gasteiger partial charge is 0.341 e. The molecule has 200 valence electrons. The second kappa shape index (κ2) is 9.79. The molecule has 0 amide bonds. The molecule has 38 heavy (non-hydrogen) atoms. The first-order valence-corrected chi connectivity index (χ1v) is 14.1. The fraction of sp³-hybridized carbons (Fsp3) is 0.500. The Morgan fingerprint density at radius 1 is 0.921 bits per heavy atom. The lowest BCUT2D eigenvalue weighted by atomic mass is 9.55. The van der Waals surface area contributed by atoms with Gasteiger partial charge in [-0.3, -0.25) is 0 Å². The molecular weight excluding hydrogens is 476 g/mol. The summed E-state index contributed by atoms with van der Waals surface area (Å²) in [5, 5.41) is 0. The van der Waals surface area contributed by atoms with Crippen LogP contribution in [0.5, 0.6) is 5.75 Å². The van der Waals surface area contributed by atoms with Crippen molar-refractivity contribution in [1.82, 2.24) is 9.80 Å². The lowest BCUT2D eigenvalue weighted by molar-refractivity contribution is -0.153. The monoisotopic (exact) mass is 514 g/mol. The van der Waals surface area contributed by atoms with E-state index in [0.717, 1.165) is 44.1 Å². The number of ether oxygens (including phenoxy) is 2. The molecule has 6 rings (SSSR count). The zero-order valence-electron chi connectivity index (χ0n) is 22.7. The molecule has 0 N–H and O–H groups in total. The van der Waals surface area contributed by atoms with Crippen LogP contribution in [0.2, 0.25) is 0 Å². The molecule has 5 unspecified atom stereocenters. The van der Waals surface area contributed by atoms with Crippen molar-refractivity contribution in [3.8, 4) is 5.75 Å². The number of aryl methyl sites for hydroxylation is 1. The van der Waals surface area contributed by atoms with Gasteiger partial charge in [0.05, 0.1) is 11.1 Å². The van der Waals surface area contributed by atoms with E-state index in [0.29, 0.717) is 41.9 Å². The fourth-order valence-electron chi connectivity index (χ4n) is 7.79. The number of benzene rings is 1. The van der Waals surface area contributed by atoms with Crippen LogP contribution in [0.3, 0.4) is 0 Å². The maximum atomic E-state index is 13.0. The Kier molecular flexibility index (Phi) is 6.45. The van der Waals surface area contributed by atoms with Gasteiger partial charge >= 0.3 is 11.9 Å². The van der Waals surface area contributed by atoms with Gasteiger partial charge in [-0.05, 0) is 91.9 Å². The summed E-state index contributed by atoms with van der Waals surface area (Å²) in [6, 6.07) is 6.26. The summed E-state index contributed by atoms with van der Waals surface area (Å²) in [4.78, 5) is 29.5. The van der Waals surface area contributed by atoms with E-state index >= 15 is 0 Å². The van der Waals surface area contributed by atoms with Crippen LogP contribution in [0.25, 0.3) is 0 Å². The summed E-state index contributed by atoms with van der Waals surface area (Å²) in [6.07, 6.45) is 19.2. The van der Waals surface area contributed by atoms with E-state index in [1.54, 1.807) is 0 Å². The van der Waals surface area contributed by atoms with Crippen LogP contribution >= 0.6 is 0 Å². The number of esters is 2. The first-order valence-electron chi connectivity index (χ1n) is 14.1. The lowest BCUT2D eigenvalue weighted by Gasteiger charge is -2.50. The summed E-state index contributed by atoms with van der Waals surface area (Å²) < 4.78 is 12.0. The number of hydrogen-bond acceptors (Lipinski definition) is 6. The van der Waals surface area contributed by atoms with E-state index in [9.17, 15) is 9.59 Å². The molecule has 2 saturated carbocycles. The number of fused-ring (bicyclic) bond motifs is 5. The van der Waals surface area contributed by atoms with Crippen LogP contribution in [0.4, 0.5) is 0 Å². The summed E-state index contributed by atoms with van der Waals surface area (Å²) >= 11 is 0.